The Morgan fingerprint density at radius 1 is 1.04 bits per heavy atom. The lowest BCUT2D eigenvalue weighted by atomic mass is 10.00. The number of likely N-dealkylation sites (tertiary alicyclic amines) is 1. The van der Waals surface area contributed by atoms with Crippen molar-refractivity contribution in [3.63, 3.8) is 0 Å². The molecule has 1 N–H and O–H groups in total. The molecule has 51 heavy (non-hydrogen) atoms. The van der Waals surface area contributed by atoms with E-state index < -0.39 is 22.0 Å². The van der Waals surface area contributed by atoms with Crippen molar-refractivity contribution in [1.82, 2.24) is 24.6 Å². The lowest BCUT2D eigenvalue weighted by molar-refractivity contribution is 0.0964. The van der Waals surface area contributed by atoms with Crippen molar-refractivity contribution >= 4 is 60.0 Å². The molecule has 0 bridgehead atoms. The van der Waals surface area contributed by atoms with Crippen LogP contribution in [0.1, 0.15) is 28.2 Å². The fraction of sp³-hybridized carbons (Fsp3) is 0.237. The molecular formula is C38H34F2N6O4S. The molecule has 1 amide bonds. The fourth-order valence-electron chi connectivity index (χ4n) is 6.99. The summed E-state index contributed by atoms with van der Waals surface area (Å²) >= 11 is 0. The van der Waals surface area contributed by atoms with Crippen molar-refractivity contribution in [1.29, 1.82) is 0 Å². The number of carbonyl (C=O) groups excluding carboxylic acids is 1. The van der Waals surface area contributed by atoms with Gasteiger partial charge in [0.05, 0.1) is 46.3 Å². The second-order valence-electron chi connectivity index (χ2n) is 13.1. The summed E-state index contributed by atoms with van der Waals surface area (Å²) in [6, 6.07) is 21.0. The largest absolute Gasteiger partial charge is 0.455 e. The average molecular weight is 709 g/mol. The van der Waals surface area contributed by atoms with Crippen LogP contribution in [0.4, 0.5) is 14.5 Å². The monoisotopic (exact) mass is 708 g/mol. The number of aryl methyl sites for hydroxylation is 1. The van der Waals surface area contributed by atoms with Gasteiger partial charge in [-0.05, 0) is 49.7 Å². The van der Waals surface area contributed by atoms with Crippen LogP contribution in [0.5, 0.6) is 0 Å². The van der Waals surface area contributed by atoms with Crippen molar-refractivity contribution in [2.45, 2.75) is 26.1 Å². The third kappa shape index (κ3) is 5.56. The highest BCUT2D eigenvalue weighted by atomic mass is 32.2. The summed E-state index contributed by atoms with van der Waals surface area (Å²) in [7, 11) is -0.782. The third-order valence-corrected chi connectivity index (χ3v) is 10.9. The molecule has 13 heteroatoms. The smallest absolute Gasteiger partial charge is 0.255 e. The molecule has 3 aromatic carbocycles. The molecule has 0 spiro atoms. The number of sulfonamides is 1. The van der Waals surface area contributed by atoms with Crippen LogP contribution in [-0.2, 0) is 16.6 Å². The maximum Gasteiger partial charge on any atom is 0.255 e. The minimum atomic E-state index is -3.76. The minimum Gasteiger partial charge on any atom is -0.455 e. The van der Waals surface area contributed by atoms with E-state index in [4.69, 9.17) is 14.4 Å². The van der Waals surface area contributed by atoms with Crippen LogP contribution < -0.4 is 9.62 Å². The first-order valence-corrected chi connectivity index (χ1v) is 18.4. The van der Waals surface area contributed by atoms with Crippen molar-refractivity contribution in [2.75, 3.05) is 37.7 Å². The normalized spacial score (nSPS) is 15.5. The Morgan fingerprint density at radius 3 is 2.53 bits per heavy atom. The summed E-state index contributed by atoms with van der Waals surface area (Å²) in [5, 5.41) is 3.57. The lowest BCUT2D eigenvalue weighted by Crippen LogP contribution is -2.25. The number of amides is 1. The highest BCUT2D eigenvalue weighted by Gasteiger charge is 2.28. The number of pyridine rings is 1. The Hall–Kier alpha value is -5.40. The summed E-state index contributed by atoms with van der Waals surface area (Å²) in [5.41, 5.74) is 5.66. The zero-order chi connectivity index (χ0) is 35.8. The summed E-state index contributed by atoms with van der Waals surface area (Å²) in [5.74, 6) is 0.199. The number of carbonyl (C=O) groups is 1. The Morgan fingerprint density at radius 2 is 1.82 bits per heavy atom. The number of alkyl halides is 1. The quantitative estimate of drug-likeness (QED) is 0.193. The summed E-state index contributed by atoms with van der Waals surface area (Å²) < 4.78 is 64.7. The molecule has 8 rings (SSSR count). The van der Waals surface area contributed by atoms with Gasteiger partial charge in [-0.3, -0.25) is 18.4 Å². The standard InChI is InChI=1S/C38H34F2N6O4S/c1-21-8-10-22(11-9-21)37-35(38(47)41-2)26-16-25(31(18-33(26)50-37)44(3)51(4,48)49)28-12-13-29-36(43-28)32-17-24-27(40)6-5-7-30(24)46(32)34(42-29)20-45-15-14-23(39)19-45/h5-13,16-18,23H,14-15,19-20H2,1-4H3,(H,41,47)/t23-/m1/s1. The van der Waals surface area contributed by atoms with E-state index in [1.54, 1.807) is 36.4 Å². The number of hydrogen-bond donors (Lipinski definition) is 1. The molecule has 1 aliphatic rings. The highest BCUT2D eigenvalue weighted by Crippen LogP contribution is 2.41. The number of hydrogen-bond acceptors (Lipinski definition) is 7. The topological polar surface area (TPSA) is 113 Å². The van der Waals surface area contributed by atoms with Gasteiger partial charge in [0.2, 0.25) is 10.0 Å². The minimum absolute atomic E-state index is 0.284. The first kappa shape index (κ1) is 32.8. The maximum atomic E-state index is 15.2. The number of anilines is 1. The zero-order valence-electron chi connectivity index (χ0n) is 28.4. The molecule has 1 atom stereocenters. The van der Waals surface area contributed by atoms with Gasteiger partial charge < -0.3 is 9.73 Å². The Kier molecular flexibility index (Phi) is 7.80. The third-order valence-electron chi connectivity index (χ3n) is 9.68. The highest BCUT2D eigenvalue weighted by molar-refractivity contribution is 7.92. The van der Waals surface area contributed by atoms with Crippen molar-refractivity contribution < 1.29 is 26.4 Å². The zero-order valence-corrected chi connectivity index (χ0v) is 29.2. The second-order valence-corrected chi connectivity index (χ2v) is 15.1. The number of nitrogens with one attached hydrogen (secondary N) is 1. The van der Waals surface area contributed by atoms with Crippen LogP contribution in [0.2, 0.25) is 0 Å². The van der Waals surface area contributed by atoms with Gasteiger partial charge in [-0.25, -0.2) is 27.2 Å². The number of furan rings is 1. The van der Waals surface area contributed by atoms with Gasteiger partial charge >= 0.3 is 0 Å². The SMILES string of the molecule is CNC(=O)c1c(-c2ccc(C)cc2)oc2cc(N(C)S(C)(=O)=O)c(-c3ccc4nc(CN5CC[C@@H](F)C5)n5c6cccc(F)c6cc5c4n3)cc12. The van der Waals surface area contributed by atoms with Crippen LogP contribution in [0.3, 0.4) is 0 Å². The predicted molar refractivity (Wildman–Crippen MR) is 195 cm³/mol. The molecule has 4 aromatic heterocycles. The van der Waals surface area contributed by atoms with Gasteiger partial charge in [0, 0.05) is 55.2 Å². The van der Waals surface area contributed by atoms with Crippen molar-refractivity contribution in [3.05, 3.63) is 95.6 Å². The van der Waals surface area contributed by atoms with Crippen molar-refractivity contribution in [3.8, 4) is 22.6 Å². The molecular weight excluding hydrogens is 675 g/mol. The second kappa shape index (κ2) is 12.1. The molecule has 5 heterocycles. The predicted octanol–water partition coefficient (Wildman–Crippen LogP) is 6.86. The Bertz CT molecular complexity index is 2650. The van der Waals surface area contributed by atoms with Crippen LogP contribution in [0.25, 0.3) is 61.0 Å². The van der Waals surface area contributed by atoms with Gasteiger partial charge in [0.15, 0.2) is 0 Å². The molecule has 1 fully saturated rings. The molecule has 0 unspecified atom stereocenters. The van der Waals surface area contributed by atoms with Crippen LogP contribution >= 0.6 is 0 Å². The summed E-state index contributed by atoms with van der Waals surface area (Å²) in [6.07, 6.45) is 0.640. The Labute approximate surface area is 292 Å². The first-order valence-electron chi connectivity index (χ1n) is 16.5. The van der Waals surface area contributed by atoms with E-state index in [0.29, 0.717) is 98.4 Å². The van der Waals surface area contributed by atoms with Crippen LogP contribution in [0.15, 0.2) is 77.2 Å². The number of rotatable bonds is 7. The first-order chi connectivity index (χ1) is 24.4. The van der Waals surface area contributed by atoms with Crippen molar-refractivity contribution in [2.24, 2.45) is 0 Å². The lowest BCUT2D eigenvalue weighted by Gasteiger charge is -2.21. The van der Waals surface area contributed by atoms with Gasteiger partial charge in [0.1, 0.15) is 34.7 Å². The number of aromatic nitrogens is 3. The van der Waals surface area contributed by atoms with E-state index in [2.05, 4.69) is 5.32 Å². The number of benzene rings is 3. The molecule has 260 valence electrons. The number of halogens is 2. The van der Waals surface area contributed by atoms with Gasteiger partial charge in [0.25, 0.3) is 5.91 Å². The van der Waals surface area contributed by atoms with Crippen LogP contribution in [0, 0.1) is 12.7 Å². The van der Waals surface area contributed by atoms with E-state index in [0.717, 1.165) is 16.1 Å². The van der Waals surface area contributed by atoms with E-state index in [1.807, 2.05) is 46.6 Å². The number of nitrogens with zero attached hydrogens (tertiary/aromatic N) is 5. The summed E-state index contributed by atoms with van der Waals surface area (Å²) in [4.78, 5) is 25.4. The molecule has 0 radical (unpaired) electrons. The van der Waals surface area contributed by atoms with Crippen LogP contribution in [-0.4, -0.2) is 73.2 Å². The summed E-state index contributed by atoms with van der Waals surface area (Å²) in [6.45, 7) is 3.21. The molecule has 10 nitrogen and oxygen atoms in total. The maximum absolute atomic E-state index is 15.2. The Balaban J connectivity index is 1.39. The molecule has 1 saturated heterocycles. The van der Waals surface area contributed by atoms with E-state index in [-0.39, 0.29) is 11.6 Å². The van der Waals surface area contributed by atoms with E-state index in [9.17, 15) is 17.6 Å². The molecule has 7 aromatic rings. The van der Waals surface area contributed by atoms with Gasteiger partial charge in [-0.15, -0.1) is 0 Å². The van der Waals surface area contributed by atoms with E-state index >= 15 is 4.39 Å². The number of fused-ring (bicyclic) bond motifs is 6. The molecule has 1 aliphatic heterocycles. The molecule has 0 aliphatic carbocycles. The van der Waals surface area contributed by atoms with E-state index in [1.165, 1.54) is 20.2 Å². The average Bonchev–Trinajstić information content (AvgIpc) is 3.82. The fourth-order valence-corrected chi connectivity index (χ4v) is 7.50. The van der Waals surface area contributed by atoms with Gasteiger partial charge in [-0.1, -0.05) is 35.9 Å². The van der Waals surface area contributed by atoms with Gasteiger partial charge in [-0.2, -0.15) is 0 Å². The molecule has 0 saturated carbocycles.